The van der Waals surface area contributed by atoms with Gasteiger partial charge in [-0.1, -0.05) is 48.4 Å². The monoisotopic (exact) mass is 2030 g/mol. The number of nitrogens with zero attached hydrogens (tertiary/aromatic N) is 15. The number of hydrogen-bond donors (Lipinski definition) is 8. The molecule has 2 atom stereocenters. The molecule has 17 aromatic rings. The first kappa shape index (κ1) is 96.8. The number of rotatable bonds is 17. The van der Waals surface area contributed by atoms with Gasteiger partial charge < -0.3 is 46.8 Å². The van der Waals surface area contributed by atoms with Crippen molar-refractivity contribution < 1.29 is 65.8 Å². The van der Waals surface area contributed by atoms with E-state index in [-0.39, 0.29) is 64.7 Å². The number of fused-ring (bicyclic) bond motifs is 18. The van der Waals surface area contributed by atoms with Crippen molar-refractivity contribution in [2.24, 2.45) is 0 Å². The fourth-order valence-electron chi connectivity index (χ4n) is 19.1. The van der Waals surface area contributed by atoms with Crippen LogP contribution in [-0.2, 0) is 117 Å². The summed E-state index contributed by atoms with van der Waals surface area (Å²) in [4.78, 5) is 64.5. The van der Waals surface area contributed by atoms with E-state index in [4.69, 9.17) is 6.42 Å². The van der Waals surface area contributed by atoms with E-state index < -0.39 is 59.0 Å². The quantitative estimate of drug-likeness (QED) is 0.0392. The lowest BCUT2D eigenvalue weighted by Gasteiger charge is -2.36. The van der Waals surface area contributed by atoms with Crippen molar-refractivity contribution in [1.29, 1.82) is 0 Å². The first-order valence-corrected chi connectivity index (χ1v) is 55.9. The van der Waals surface area contributed by atoms with Gasteiger partial charge in [-0.2, -0.15) is 0 Å². The van der Waals surface area contributed by atoms with E-state index in [2.05, 4.69) is 107 Å². The first-order chi connectivity index (χ1) is 69.0. The van der Waals surface area contributed by atoms with E-state index in [0.717, 1.165) is 165 Å². The standard InChI is InChI=1S/C18H13N3O2S.2C17H16N4O2S.2C17H15N3O3S.C16H19N3O3S/c1-2-12-4-3-5-13(10-12)21-18-17-14-8-9-24(22,23)16(14)7-6-15(17)19-11-20-18;1-11(12-4-7-18-8-5-12)21-17-16-13-6-9-24(22,23)15(13)3-2-14(16)19-10-20-17;22-24(23)10-7-13-15(24)5-4-14-16(13)17(21-11-20-14)19-9-6-12-3-1-2-8-18-12;21-12-3-1-2-11(8-12)9-18-17-16-13-6-7-24(22,23)15(13)5-4-14(16)19-10-20-17;21-14-4-2-1-3-11(14)9-18-17-16-12-7-8-24(22,23)15(12)6-5-13(16)19-10-20-17;20-9-11-3-1-2-7-19(11)16-15-12-6-8-23(21,22)14(12)5-4-13(15)17-10-18-16/h1,3-7,10-11H,8-9H2,(H,19,20,21);2-5,7-8,10-11H,6,9H2,1H3,(H,19,20,21);1-5,8,11H,6-7,9-10H2,(H,19,20,21);1-5,8,10,21H,6-7,9H2,(H,18,19,20);1-6,10,21H,7-9H2,(H,18,19,20);4-5,10-11,20H,1-3,6-9H2. The zero-order valence-electron chi connectivity index (χ0n) is 76.9. The van der Waals surface area contributed by atoms with Gasteiger partial charge in [0.2, 0.25) is 0 Å². The summed E-state index contributed by atoms with van der Waals surface area (Å²) in [5, 5.41) is 50.2. The van der Waals surface area contributed by atoms with Gasteiger partial charge in [-0.3, -0.25) is 9.97 Å². The number of pyridine rings is 2. The van der Waals surface area contributed by atoms with E-state index in [1.807, 2.05) is 79.7 Å². The second-order valence-electron chi connectivity index (χ2n) is 34.9. The number of phenols is 2. The third kappa shape index (κ3) is 20.2. The lowest BCUT2D eigenvalue weighted by Crippen LogP contribution is -2.42. The third-order valence-electron chi connectivity index (χ3n) is 26.1. The number of hydrogen-bond acceptors (Lipinski definition) is 35. The van der Waals surface area contributed by atoms with Gasteiger partial charge in [0.15, 0.2) is 59.0 Å². The average Bonchev–Trinajstić information content (AvgIpc) is 1.65. The second kappa shape index (κ2) is 40.5. The highest BCUT2D eigenvalue weighted by molar-refractivity contribution is 7.93. The SMILES string of the molecule is C#Cc1cccc(Nc2ncnc3ccc4c(c23)CCS4(=O)=O)c1.CC(Nc1ncnc2ccc3c(c12)CCS3(=O)=O)c1ccncc1.O=S1(=O)CCc2c1ccc1ncnc(N3CCCCC3CO)c21.O=S1(=O)CCc2c1ccc1ncnc(NCCc3ccccn3)c21.O=S1(=O)CCc2c1ccc1ncnc(NCc3cccc(O)c3)c21.O=S1(=O)CCc2c1ccc1ncnc(NCc3ccccc3O)c21. The molecule has 7 aliphatic heterocycles. The Morgan fingerprint density at radius 2 is 0.825 bits per heavy atom. The van der Waals surface area contributed by atoms with Crippen LogP contribution in [0.5, 0.6) is 11.5 Å². The van der Waals surface area contributed by atoms with Crippen molar-refractivity contribution >= 4 is 165 Å². The van der Waals surface area contributed by atoms with Gasteiger partial charge >= 0.3 is 0 Å². The lowest BCUT2D eigenvalue weighted by molar-refractivity contribution is 0.239. The highest BCUT2D eigenvalue weighted by atomic mass is 32.2. The maximum atomic E-state index is 12.2. The number of piperidine rings is 1. The summed E-state index contributed by atoms with van der Waals surface area (Å²) in [5.74, 6) is 7.72. The largest absolute Gasteiger partial charge is 0.508 e. The summed E-state index contributed by atoms with van der Waals surface area (Å²) in [6, 6.07) is 51.5. The van der Waals surface area contributed by atoms with Crippen molar-refractivity contribution in [3.05, 3.63) is 294 Å². The molecule has 1 fully saturated rings. The van der Waals surface area contributed by atoms with Crippen molar-refractivity contribution in [3.8, 4) is 23.8 Å². The number of anilines is 7. The van der Waals surface area contributed by atoms with Crippen LogP contribution in [0.25, 0.3) is 65.4 Å². The van der Waals surface area contributed by atoms with E-state index in [9.17, 15) is 65.8 Å². The van der Waals surface area contributed by atoms with Gasteiger partial charge in [-0.05, 0) is 243 Å². The molecule has 728 valence electrons. The van der Waals surface area contributed by atoms with Crippen molar-refractivity contribution in [2.75, 3.05) is 85.7 Å². The molecule has 8 aromatic heterocycles. The predicted molar refractivity (Wildman–Crippen MR) is 545 cm³/mol. The maximum Gasteiger partial charge on any atom is 0.179 e. The number of sulfone groups is 6. The number of aromatic hydroxyl groups is 2. The van der Waals surface area contributed by atoms with Crippen LogP contribution in [0.4, 0.5) is 40.6 Å². The van der Waals surface area contributed by atoms with Crippen LogP contribution in [-0.4, -0.2) is 196 Å². The highest BCUT2D eigenvalue weighted by Gasteiger charge is 2.37. The Morgan fingerprint density at radius 1 is 0.406 bits per heavy atom. The topological polar surface area (TPSA) is 509 Å². The lowest BCUT2D eigenvalue weighted by atomic mass is 10.0. The molecule has 1 saturated heterocycles. The predicted octanol–water partition coefficient (Wildman–Crippen LogP) is 13.1. The van der Waals surface area contributed by atoms with Crippen molar-refractivity contribution in [1.82, 2.24) is 69.8 Å². The highest BCUT2D eigenvalue weighted by Crippen LogP contribution is 2.44. The molecule has 0 bridgehead atoms. The summed E-state index contributed by atoms with van der Waals surface area (Å²) >= 11 is 0. The Hall–Kier alpha value is -15.1. The summed E-state index contributed by atoms with van der Waals surface area (Å²) in [7, 11) is -19.2. The number of aryl methyl sites for hydroxylation is 6. The minimum absolute atomic E-state index is 0.0139. The minimum atomic E-state index is -3.21. The van der Waals surface area contributed by atoms with Crippen LogP contribution in [0.1, 0.15) is 93.6 Å². The normalized spacial score (nSPS) is 16.8. The molecule has 9 aromatic carbocycles. The molecular formula is C102H94N20O15S6. The fourth-order valence-corrected chi connectivity index (χ4v) is 28.4. The van der Waals surface area contributed by atoms with Crippen LogP contribution in [0.3, 0.4) is 0 Å². The number of benzene rings is 9. The number of aliphatic hydroxyl groups excluding tert-OH is 1. The summed E-state index contributed by atoms with van der Waals surface area (Å²) in [6.45, 7) is 4.46. The molecule has 0 amide bonds. The van der Waals surface area contributed by atoms with Crippen molar-refractivity contribution in [2.45, 2.75) is 126 Å². The molecule has 143 heavy (non-hydrogen) atoms. The Morgan fingerprint density at radius 3 is 1.29 bits per heavy atom. The maximum absolute atomic E-state index is 12.2. The number of phenolic OH excluding ortho intramolecular Hbond substituents is 2. The number of nitrogens with one attached hydrogen (secondary N) is 5. The van der Waals surface area contributed by atoms with E-state index in [1.165, 1.54) is 38.0 Å². The van der Waals surface area contributed by atoms with Crippen LogP contribution >= 0.6 is 0 Å². The van der Waals surface area contributed by atoms with E-state index in [1.54, 1.807) is 122 Å². The van der Waals surface area contributed by atoms with E-state index in [0.29, 0.717) is 122 Å². The number of para-hydroxylation sites is 1. The van der Waals surface area contributed by atoms with Gasteiger partial charge in [-0.25, -0.2) is 110 Å². The molecule has 24 rings (SSSR count). The molecule has 15 heterocycles. The van der Waals surface area contributed by atoms with Gasteiger partial charge in [-0.15, -0.1) is 6.42 Å². The molecule has 0 saturated carbocycles. The molecular weight excluding hydrogens is 1940 g/mol. The summed E-state index contributed by atoms with van der Waals surface area (Å²) < 4.78 is 146. The van der Waals surface area contributed by atoms with Crippen LogP contribution in [0.2, 0.25) is 0 Å². The zero-order chi connectivity index (χ0) is 99.5. The molecule has 0 radical (unpaired) electrons. The first-order valence-electron chi connectivity index (χ1n) is 46.0. The molecule has 0 aliphatic carbocycles. The number of aromatic nitrogens is 14. The third-order valence-corrected chi connectivity index (χ3v) is 36.9. The van der Waals surface area contributed by atoms with Crippen LogP contribution in [0, 0.1) is 12.3 Å². The zero-order valence-corrected chi connectivity index (χ0v) is 81.8. The molecule has 8 N–H and O–H groups in total. The Kier molecular flexibility index (Phi) is 27.4. The Balaban J connectivity index is 0.000000109. The molecule has 0 spiro atoms. The van der Waals surface area contributed by atoms with Crippen molar-refractivity contribution in [3.63, 3.8) is 0 Å². The summed E-state index contributed by atoms with van der Waals surface area (Å²) in [6.07, 6.45) is 26.4. The van der Waals surface area contributed by atoms with Crippen LogP contribution < -0.4 is 31.5 Å². The number of aliphatic hydroxyl groups is 1. The summed E-state index contributed by atoms with van der Waals surface area (Å²) in [5.41, 5.74) is 14.5. The van der Waals surface area contributed by atoms with Crippen LogP contribution in [0.15, 0.2) is 262 Å². The second-order valence-corrected chi connectivity index (χ2v) is 47.3. The van der Waals surface area contributed by atoms with E-state index >= 15 is 0 Å². The fraction of sp³-hybridized carbons (Fsp3) is 0.235. The Bertz CT molecular complexity index is 8690. The minimum Gasteiger partial charge on any atom is -0.508 e. The van der Waals surface area contributed by atoms with Gasteiger partial charge in [0, 0.05) is 106 Å². The van der Waals surface area contributed by atoms with Gasteiger partial charge in [0.25, 0.3) is 0 Å². The molecule has 7 aliphatic rings. The Labute approximate surface area is 823 Å². The molecule has 41 heteroatoms. The average molecular weight is 2030 g/mol. The smallest absolute Gasteiger partial charge is 0.179 e. The van der Waals surface area contributed by atoms with Gasteiger partial charge in [0.1, 0.15) is 84.4 Å². The molecule has 2 unspecified atom stereocenters. The van der Waals surface area contributed by atoms with Gasteiger partial charge in [0.05, 0.1) is 116 Å². The number of terminal acetylenes is 1. The molecule has 35 nitrogen and oxygen atoms in total.